The molecule has 0 bridgehead atoms. The summed E-state index contributed by atoms with van der Waals surface area (Å²) in [5, 5.41) is 18.7. The summed E-state index contributed by atoms with van der Waals surface area (Å²) in [5.74, 6) is -0.167. The molecule has 0 spiro atoms. The number of Topliss-reactive ketones (excluding diaryl/α,β-unsaturated/α-hetero) is 1. The van der Waals surface area contributed by atoms with Crippen molar-refractivity contribution in [3.05, 3.63) is 24.3 Å². The van der Waals surface area contributed by atoms with Crippen molar-refractivity contribution in [1.29, 1.82) is 0 Å². The number of allylic oxidation sites excluding steroid dienone is 3. The molecule has 0 saturated heterocycles. The van der Waals surface area contributed by atoms with Gasteiger partial charge in [-0.2, -0.15) is 0 Å². The monoisotopic (exact) mass is 364 g/mol. The zero-order chi connectivity index (χ0) is 19.2. The number of ketones is 1. The second kappa shape index (κ2) is 13.7. The number of aliphatic carboxylic acids is 1. The Hall–Kier alpha value is -1.42. The Morgan fingerprint density at radius 1 is 1.19 bits per heavy atom. The molecule has 1 aliphatic carbocycles. The molecule has 0 aromatic heterocycles. The predicted molar refractivity (Wildman–Crippen MR) is 105 cm³/mol. The fraction of sp³-hybridized carbons (Fsp3) is 0.727. The Labute approximate surface area is 158 Å². The maximum absolute atomic E-state index is 12.1. The summed E-state index contributed by atoms with van der Waals surface area (Å²) >= 11 is 0. The van der Waals surface area contributed by atoms with Crippen molar-refractivity contribution in [3.8, 4) is 0 Å². The normalized spacial score (nSPS) is 21.8. The van der Waals surface area contributed by atoms with Crippen molar-refractivity contribution < 1.29 is 19.8 Å². The highest BCUT2D eigenvalue weighted by Crippen LogP contribution is 2.33. The zero-order valence-corrected chi connectivity index (χ0v) is 16.2. The lowest BCUT2D eigenvalue weighted by Gasteiger charge is -2.14. The van der Waals surface area contributed by atoms with Crippen LogP contribution < -0.4 is 0 Å². The van der Waals surface area contributed by atoms with Crippen LogP contribution in [-0.2, 0) is 9.59 Å². The molecule has 0 aromatic carbocycles. The maximum atomic E-state index is 12.1. The van der Waals surface area contributed by atoms with E-state index in [0.29, 0.717) is 18.6 Å². The summed E-state index contributed by atoms with van der Waals surface area (Å²) < 4.78 is 0. The van der Waals surface area contributed by atoms with Gasteiger partial charge in [0.1, 0.15) is 5.78 Å². The van der Waals surface area contributed by atoms with Gasteiger partial charge in [-0.05, 0) is 38.0 Å². The molecule has 0 heterocycles. The van der Waals surface area contributed by atoms with Crippen molar-refractivity contribution in [2.24, 2.45) is 11.8 Å². The number of aliphatic hydroxyl groups is 1. The fourth-order valence-corrected chi connectivity index (χ4v) is 3.58. The van der Waals surface area contributed by atoms with Crippen LogP contribution >= 0.6 is 0 Å². The Kier molecular flexibility index (Phi) is 12.0. The summed E-state index contributed by atoms with van der Waals surface area (Å²) in [7, 11) is 0. The van der Waals surface area contributed by atoms with Gasteiger partial charge in [-0.15, -0.1) is 0 Å². The molecule has 0 aromatic rings. The highest BCUT2D eigenvalue weighted by atomic mass is 16.4. The predicted octanol–water partition coefficient (Wildman–Crippen LogP) is 5.06. The van der Waals surface area contributed by atoms with Crippen molar-refractivity contribution in [2.75, 3.05) is 0 Å². The Morgan fingerprint density at radius 2 is 1.92 bits per heavy atom. The van der Waals surface area contributed by atoms with E-state index in [9.17, 15) is 14.7 Å². The number of rotatable bonds is 14. The molecular weight excluding hydrogens is 328 g/mol. The molecule has 4 nitrogen and oxygen atoms in total. The van der Waals surface area contributed by atoms with Crippen LogP contribution in [-0.4, -0.2) is 28.1 Å². The second-order valence-electron chi connectivity index (χ2n) is 7.41. The first-order chi connectivity index (χ1) is 12.5. The van der Waals surface area contributed by atoms with Crippen LogP contribution in [0.3, 0.4) is 0 Å². The van der Waals surface area contributed by atoms with Crippen LogP contribution in [0, 0.1) is 11.8 Å². The number of hydrogen-bond donors (Lipinski definition) is 2. The summed E-state index contributed by atoms with van der Waals surface area (Å²) in [6.45, 7) is 2.20. The summed E-state index contributed by atoms with van der Waals surface area (Å²) in [4.78, 5) is 22.6. The van der Waals surface area contributed by atoms with Crippen LogP contribution in [0.5, 0.6) is 0 Å². The Balaban J connectivity index is 2.30. The number of unbranched alkanes of at least 4 members (excludes halogenated alkanes) is 4. The van der Waals surface area contributed by atoms with Crippen molar-refractivity contribution >= 4 is 11.8 Å². The third kappa shape index (κ3) is 9.91. The van der Waals surface area contributed by atoms with Crippen molar-refractivity contribution in [2.45, 2.75) is 90.1 Å². The molecule has 2 N–H and O–H groups in total. The lowest BCUT2D eigenvalue weighted by Crippen LogP contribution is -2.13. The molecule has 0 aliphatic heterocycles. The Morgan fingerprint density at radius 3 is 2.65 bits per heavy atom. The minimum atomic E-state index is -0.783. The van der Waals surface area contributed by atoms with Crippen LogP contribution in [0.4, 0.5) is 0 Å². The zero-order valence-electron chi connectivity index (χ0n) is 16.2. The molecule has 26 heavy (non-hydrogen) atoms. The van der Waals surface area contributed by atoms with Gasteiger partial charge in [0.2, 0.25) is 0 Å². The minimum absolute atomic E-state index is 0.0483. The van der Waals surface area contributed by atoms with Gasteiger partial charge in [-0.3, -0.25) is 9.59 Å². The summed E-state index contributed by atoms with van der Waals surface area (Å²) in [6.07, 6.45) is 18.0. The fourth-order valence-electron chi connectivity index (χ4n) is 3.58. The largest absolute Gasteiger partial charge is 0.481 e. The molecule has 1 aliphatic rings. The van der Waals surface area contributed by atoms with Gasteiger partial charge >= 0.3 is 5.97 Å². The van der Waals surface area contributed by atoms with Crippen LogP contribution in [0.15, 0.2) is 24.3 Å². The van der Waals surface area contributed by atoms with E-state index in [4.69, 9.17) is 5.11 Å². The van der Waals surface area contributed by atoms with E-state index in [0.717, 1.165) is 32.1 Å². The SMILES string of the molecule is CCCCCCCC(O)C=C[C@H]1CCC(=O)[C@H]1CCC=CCCC(=O)O. The van der Waals surface area contributed by atoms with E-state index in [2.05, 4.69) is 13.0 Å². The molecule has 1 rings (SSSR count). The van der Waals surface area contributed by atoms with E-state index in [1.165, 1.54) is 25.7 Å². The maximum Gasteiger partial charge on any atom is 0.303 e. The van der Waals surface area contributed by atoms with E-state index in [1.54, 1.807) is 0 Å². The number of carbonyl (C=O) groups is 2. The molecule has 0 amide bonds. The van der Waals surface area contributed by atoms with Crippen LogP contribution in [0.1, 0.15) is 84.0 Å². The van der Waals surface area contributed by atoms with Gasteiger partial charge in [-0.25, -0.2) is 0 Å². The highest BCUT2D eigenvalue weighted by Gasteiger charge is 2.32. The number of carboxylic acid groups (broad SMARTS) is 1. The number of carbonyl (C=O) groups excluding carboxylic acids is 1. The van der Waals surface area contributed by atoms with Gasteiger partial charge in [0.25, 0.3) is 0 Å². The summed E-state index contributed by atoms with van der Waals surface area (Å²) in [6, 6.07) is 0. The molecule has 0 radical (unpaired) electrons. The van der Waals surface area contributed by atoms with Crippen LogP contribution in [0.25, 0.3) is 0 Å². The van der Waals surface area contributed by atoms with Gasteiger partial charge in [-0.1, -0.05) is 63.3 Å². The van der Waals surface area contributed by atoms with Gasteiger partial charge < -0.3 is 10.2 Å². The topological polar surface area (TPSA) is 74.6 Å². The van der Waals surface area contributed by atoms with E-state index in [1.807, 2.05) is 18.2 Å². The Bertz CT molecular complexity index is 467. The molecule has 3 atom stereocenters. The lowest BCUT2D eigenvalue weighted by atomic mass is 9.90. The molecule has 1 unspecified atom stereocenters. The smallest absolute Gasteiger partial charge is 0.303 e. The van der Waals surface area contributed by atoms with E-state index in [-0.39, 0.29) is 18.3 Å². The molecule has 1 saturated carbocycles. The number of aliphatic hydroxyl groups excluding tert-OH is 1. The van der Waals surface area contributed by atoms with Crippen LogP contribution in [0.2, 0.25) is 0 Å². The highest BCUT2D eigenvalue weighted by molar-refractivity contribution is 5.83. The third-order valence-electron chi connectivity index (χ3n) is 5.17. The molecule has 1 fully saturated rings. The average Bonchev–Trinajstić information content (AvgIpc) is 2.95. The minimum Gasteiger partial charge on any atom is -0.481 e. The first kappa shape index (κ1) is 22.6. The van der Waals surface area contributed by atoms with Gasteiger partial charge in [0.15, 0.2) is 0 Å². The van der Waals surface area contributed by atoms with Crippen molar-refractivity contribution in [1.82, 2.24) is 0 Å². The number of hydrogen-bond acceptors (Lipinski definition) is 3. The van der Waals surface area contributed by atoms with Gasteiger partial charge in [0, 0.05) is 18.8 Å². The lowest BCUT2D eigenvalue weighted by molar-refractivity contribution is -0.136. The first-order valence-electron chi connectivity index (χ1n) is 10.3. The molecule has 4 heteroatoms. The summed E-state index contributed by atoms with van der Waals surface area (Å²) in [5.41, 5.74) is 0. The third-order valence-corrected chi connectivity index (χ3v) is 5.17. The average molecular weight is 365 g/mol. The first-order valence-corrected chi connectivity index (χ1v) is 10.3. The number of carboxylic acids is 1. The quantitative estimate of drug-likeness (QED) is 0.334. The molecule has 148 valence electrons. The van der Waals surface area contributed by atoms with Gasteiger partial charge in [0.05, 0.1) is 6.10 Å². The van der Waals surface area contributed by atoms with E-state index >= 15 is 0 Å². The van der Waals surface area contributed by atoms with E-state index < -0.39 is 12.1 Å². The van der Waals surface area contributed by atoms with Crippen molar-refractivity contribution in [3.63, 3.8) is 0 Å². The molecular formula is C22H36O4. The standard InChI is InChI=1S/C22H36O4/c1-2-3-4-5-8-11-19(23)16-14-18-15-17-21(24)20(18)12-9-6-7-10-13-22(25)26/h6-7,14,16,18-20,23H,2-5,8-13,15,17H2,1H3,(H,25,26)/t18-,19?,20-/m0/s1. The second-order valence-corrected chi connectivity index (χ2v) is 7.41.